The first kappa shape index (κ1) is 20.2. The Morgan fingerprint density at radius 1 is 1.28 bits per heavy atom. The molecule has 1 aliphatic carbocycles. The van der Waals surface area contributed by atoms with Gasteiger partial charge in [0.1, 0.15) is 11.4 Å². The maximum Gasteiger partial charge on any atom is 0.267 e. The van der Waals surface area contributed by atoms with Gasteiger partial charge < -0.3 is 15.5 Å². The van der Waals surface area contributed by atoms with Crippen LogP contribution in [-0.4, -0.2) is 54.8 Å². The molecule has 2 amide bonds. The monoisotopic (exact) mass is 450 g/mol. The summed E-state index contributed by atoms with van der Waals surface area (Å²) in [5.41, 5.74) is 2.53. The molecule has 0 radical (unpaired) electrons. The van der Waals surface area contributed by atoms with Crippen molar-refractivity contribution in [2.24, 2.45) is 0 Å². The molecule has 32 heavy (non-hydrogen) atoms. The number of aromatic nitrogens is 5. The summed E-state index contributed by atoms with van der Waals surface area (Å²) in [4.78, 5) is 31.6. The van der Waals surface area contributed by atoms with Crippen molar-refractivity contribution in [3.05, 3.63) is 47.2 Å². The van der Waals surface area contributed by atoms with E-state index in [9.17, 15) is 9.59 Å². The fourth-order valence-corrected chi connectivity index (χ4v) is 4.16. The summed E-state index contributed by atoms with van der Waals surface area (Å²) in [6.07, 6.45) is 7.12. The van der Waals surface area contributed by atoms with Crippen LogP contribution >= 0.6 is 11.3 Å². The van der Waals surface area contributed by atoms with Crippen LogP contribution in [-0.2, 0) is 11.3 Å². The maximum atomic E-state index is 12.8. The van der Waals surface area contributed by atoms with E-state index in [0.717, 1.165) is 35.0 Å². The van der Waals surface area contributed by atoms with Crippen LogP contribution in [0.5, 0.6) is 0 Å². The first-order valence-corrected chi connectivity index (χ1v) is 11.1. The highest BCUT2D eigenvalue weighted by molar-refractivity contribution is 7.17. The molecule has 5 rings (SSSR count). The minimum atomic E-state index is -0.244. The fraction of sp³-hybridized carbons (Fsp3) is 0.286. The summed E-state index contributed by atoms with van der Waals surface area (Å²) in [6.45, 7) is 2.13. The van der Waals surface area contributed by atoms with Gasteiger partial charge in [0.05, 0.1) is 23.6 Å². The molecule has 0 bridgehead atoms. The third-order valence-electron chi connectivity index (χ3n) is 5.46. The lowest BCUT2D eigenvalue weighted by molar-refractivity contribution is -0.131. The zero-order chi connectivity index (χ0) is 22.2. The second-order valence-electron chi connectivity index (χ2n) is 7.83. The van der Waals surface area contributed by atoms with E-state index in [4.69, 9.17) is 0 Å². The Kier molecular flexibility index (Phi) is 5.10. The number of aryl methyl sites for hydroxylation is 1. The number of thiazole rings is 1. The van der Waals surface area contributed by atoms with Crippen LogP contribution in [0.3, 0.4) is 0 Å². The summed E-state index contributed by atoms with van der Waals surface area (Å²) in [6, 6.07) is 6.01. The van der Waals surface area contributed by atoms with Crippen LogP contribution in [0, 0.1) is 6.92 Å². The van der Waals surface area contributed by atoms with E-state index < -0.39 is 0 Å². The molecule has 164 valence electrons. The standard InChI is InChI=1S/C21H22N8O2S/c1-12-3-6-15-14(9-23-26-15)19(12)25-20(31)16-10-22-21(32-16)24-17-7-8-29(27-17)11-18(30)28(2)13-4-5-13/h3,6-10,13H,4-5,11H2,1-2H3,(H,23,26)(H,25,31)(H,22,24,27). The minimum Gasteiger partial charge on any atom is -0.341 e. The van der Waals surface area contributed by atoms with Gasteiger partial charge in [-0.05, 0) is 31.4 Å². The van der Waals surface area contributed by atoms with E-state index in [-0.39, 0.29) is 18.4 Å². The molecule has 11 heteroatoms. The summed E-state index contributed by atoms with van der Waals surface area (Å²) in [5.74, 6) is 0.358. The van der Waals surface area contributed by atoms with Gasteiger partial charge in [0.15, 0.2) is 10.9 Å². The van der Waals surface area contributed by atoms with E-state index in [2.05, 4.69) is 30.9 Å². The van der Waals surface area contributed by atoms with E-state index in [1.165, 1.54) is 17.5 Å². The number of likely N-dealkylation sites (N-methyl/N-ethyl adjacent to an activating group) is 1. The summed E-state index contributed by atoms with van der Waals surface area (Å²) in [7, 11) is 1.83. The van der Waals surface area contributed by atoms with Gasteiger partial charge in [-0.15, -0.1) is 0 Å². The molecule has 4 aromatic rings. The van der Waals surface area contributed by atoms with Crippen molar-refractivity contribution in [3.8, 4) is 0 Å². The number of aromatic amines is 1. The van der Waals surface area contributed by atoms with Gasteiger partial charge in [0, 0.05) is 30.7 Å². The molecule has 1 aromatic carbocycles. The molecule has 0 unspecified atom stereocenters. The number of benzene rings is 1. The van der Waals surface area contributed by atoms with E-state index in [1.807, 2.05) is 26.1 Å². The molecule has 1 saturated carbocycles. The van der Waals surface area contributed by atoms with Crippen molar-refractivity contribution in [2.45, 2.75) is 32.4 Å². The highest BCUT2D eigenvalue weighted by atomic mass is 32.1. The quantitative estimate of drug-likeness (QED) is 0.398. The van der Waals surface area contributed by atoms with Gasteiger partial charge in [-0.2, -0.15) is 10.2 Å². The molecule has 0 saturated heterocycles. The predicted molar refractivity (Wildman–Crippen MR) is 122 cm³/mol. The molecule has 3 aromatic heterocycles. The number of fused-ring (bicyclic) bond motifs is 1. The lowest BCUT2D eigenvalue weighted by Crippen LogP contribution is -2.32. The van der Waals surface area contributed by atoms with Crippen molar-refractivity contribution < 1.29 is 9.59 Å². The number of H-pyrrole nitrogens is 1. The SMILES string of the molecule is Cc1ccc2[nH]ncc2c1NC(=O)c1cnc(Nc2ccn(CC(=O)N(C)C3CC3)n2)s1. The Hall–Kier alpha value is -3.73. The average molecular weight is 451 g/mol. The first-order chi connectivity index (χ1) is 15.5. The molecule has 0 aliphatic heterocycles. The van der Waals surface area contributed by atoms with Crippen LogP contribution in [0.1, 0.15) is 28.1 Å². The molecule has 0 spiro atoms. The van der Waals surface area contributed by atoms with E-state index in [0.29, 0.717) is 21.9 Å². The molecule has 1 aliphatic rings. The fourth-order valence-electron chi connectivity index (χ4n) is 3.45. The minimum absolute atomic E-state index is 0.0401. The zero-order valence-corrected chi connectivity index (χ0v) is 18.4. The largest absolute Gasteiger partial charge is 0.341 e. The number of anilines is 3. The number of nitrogens with zero attached hydrogens (tertiary/aromatic N) is 5. The van der Waals surface area contributed by atoms with Crippen LogP contribution < -0.4 is 10.6 Å². The van der Waals surface area contributed by atoms with E-state index in [1.54, 1.807) is 28.0 Å². The topological polar surface area (TPSA) is 121 Å². The zero-order valence-electron chi connectivity index (χ0n) is 17.6. The number of carbonyl (C=O) groups excluding carboxylic acids is 2. The van der Waals surface area contributed by atoms with Crippen LogP contribution in [0.15, 0.2) is 36.8 Å². The molecular weight excluding hydrogens is 428 g/mol. The van der Waals surface area contributed by atoms with E-state index >= 15 is 0 Å². The third-order valence-corrected chi connectivity index (χ3v) is 6.37. The number of nitrogens with one attached hydrogen (secondary N) is 3. The number of hydrogen-bond donors (Lipinski definition) is 3. The highest BCUT2D eigenvalue weighted by Gasteiger charge is 2.29. The first-order valence-electron chi connectivity index (χ1n) is 10.2. The molecule has 3 N–H and O–H groups in total. The lowest BCUT2D eigenvalue weighted by atomic mass is 10.1. The molecule has 1 fully saturated rings. The second-order valence-corrected chi connectivity index (χ2v) is 8.86. The van der Waals surface area contributed by atoms with Gasteiger partial charge in [-0.3, -0.25) is 19.4 Å². The summed E-state index contributed by atoms with van der Waals surface area (Å²) in [5, 5.41) is 18.8. The predicted octanol–water partition coefficient (Wildman–Crippen LogP) is 3.14. The van der Waals surface area contributed by atoms with Crippen LogP contribution in [0.4, 0.5) is 16.6 Å². The van der Waals surface area contributed by atoms with Crippen LogP contribution in [0.25, 0.3) is 10.9 Å². The van der Waals surface area contributed by atoms with Crippen molar-refractivity contribution >= 4 is 50.7 Å². The number of rotatable bonds is 7. The second kappa shape index (κ2) is 8.08. The molecule has 3 heterocycles. The number of hydrogen-bond acceptors (Lipinski definition) is 7. The Labute approximate surface area is 187 Å². The average Bonchev–Trinajstić information content (AvgIpc) is 3.14. The summed E-state index contributed by atoms with van der Waals surface area (Å²) < 4.78 is 1.60. The highest BCUT2D eigenvalue weighted by Crippen LogP contribution is 2.28. The normalized spacial score (nSPS) is 13.3. The third kappa shape index (κ3) is 4.06. The smallest absolute Gasteiger partial charge is 0.267 e. The maximum absolute atomic E-state index is 12.8. The molecule has 10 nitrogen and oxygen atoms in total. The van der Waals surface area contributed by atoms with Gasteiger partial charge in [0.2, 0.25) is 5.91 Å². The number of amides is 2. The Morgan fingerprint density at radius 2 is 2.12 bits per heavy atom. The Morgan fingerprint density at radius 3 is 2.94 bits per heavy atom. The number of carbonyl (C=O) groups is 2. The Bertz CT molecular complexity index is 1300. The molecular formula is C21H22N8O2S. The van der Waals surface area contributed by atoms with Gasteiger partial charge >= 0.3 is 0 Å². The van der Waals surface area contributed by atoms with Gasteiger partial charge in [-0.1, -0.05) is 17.4 Å². The van der Waals surface area contributed by atoms with Crippen molar-refractivity contribution in [1.82, 2.24) is 29.9 Å². The van der Waals surface area contributed by atoms with Crippen molar-refractivity contribution in [1.29, 1.82) is 0 Å². The van der Waals surface area contributed by atoms with Gasteiger partial charge in [-0.25, -0.2) is 4.98 Å². The molecule has 0 atom stereocenters. The van der Waals surface area contributed by atoms with Crippen molar-refractivity contribution in [3.63, 3.8) is 0 Å². The Balaban J connectivity index is 1.23. The van der Waals surface area contributed by atoms with Crippen LogP contribution in [0.2, 0.25) is 0 Å². The lowest BCUT2D eigenvalue weighted by Gasteiger charge is -2.15. The summed E-state index contributed by atoms with van der Waals surface area (Å²) >= 11 is 1.23. The van der Waals surface area contributed by atoms with Gasteiger partial charge in [0.25, 0.3) is 5.91 Å². The van der Waals surface area contributed by atoms with Crippen molar-refractivity contribution in [2.75, 3.05) is 17.7 Å².